The smallest absolute Gasteiger partial charge is 0.150 e. The number of benzene rings is 1. The van der Waals surface area contributed by atoms with Crippen molar-refractivity contribution in [2.24, 2.45) is 0 Å². The highest BCUT2D eigenvalue weighted by Gasteiger charge is 2.12. The summed E-state index contributed by atoms with van der Waals surface area (Å²) >= 11 is 6.56. The molecule has 5 heteroatoms. The summed E-state index contributed by atoms with van der Waals surface area (Å²) in [5.74, 6) is -0.255. The van der Waals surface area contributed by atoms with E-state index in [-0.39, 0.29) is 5.82 Å². The molecule has 0 aliphatic heterocycles. The Morgan fingerprint density at radius 2 is 2.14 bits per heavy atom. The van der Waals surface area contributed by atoms with Gasteiger partial charge in [-0.15, -0.1) is 0 Å². The Labute approximate surface area is 97.4 Å². The number of nitrogens with zero attached hydrogens (tertiary/aromatic N) is 2. The molecule has 0 aliphatic carbocycles. The Morgan fingerprint density at radius 3 is 2.79 bits per heavy atom. The van der Waals surface area contributed by atoms with Crippen molar-refractivity contribution in [1.29, 1.82) is 0 Å². The predicted molar refractivity (Wildman–Crippen MR) is 60.8 cm³/mol. The number of fused-ring (bicyclic) bond motifs is 1. The SMILES string of the molecule is CCn1nc(Br)c2cc(Br)cc(F)c21. The highest BCUT2D eigenvalue weighted by Crippen LogP contribution is 2.28. The minimum Gasteiger partial charge on any atom is -0.261 e. The van der Waals surface area contributed by atoms with E-state index < -0.39 is 0 Å². The van der Waals surface area contributed by atoms with Crippen molar-refractivity contribution in [2.45, 2.75) is 13.5 Å². The monoisotopic (exact) mass is 320 g/mol. The van der Waals surface area contributed by atoms with Crippen LogP contribution in [0.5, 0.6) is 0 Å². The molecule has 2 rings (SSSR count). The van der Waals surface area contributed by atoms with Gasteiger partial charge in [0.25, 0.3) is 0 Å². The van der Waals surface area contributed by atoms with E-state index in [9.17, 15) is 4.39 Å². The maximum absolute atomic E-state index is 13.6. The van der Waals surface area contributed by atoms with E-state index in [1.807, 2.05) is 13.0 Å². The van der Waals surface area contributed by atoms with Gasteiger partial charge in [0.05, 0.1) is 0 Å². The second-order valence-corrected chi connectivity index (χ2v) is 4.56. The molecule has 0 bridgehead atoms. The van der Waals surface area contributed by atoms with Crippen LogP contribution in [0.1, 0.15) is 6.92 Å². The lowest BCUT2D eigenvalue weighted by Crippen LogP contribution is -1.97. The lowest BCUT2D eigenvalue weighted by Gasteiger charge is -1.99. The third-order valence-electron chi connectivity index (χ3n) is 2.02. The lowest BCUT2D eigenvalue weighted by atomic mass is 10.2. The molecule has 2 aromatic rings. The fourth-order valence-electron chi connectivity index (χ4n) is 1.42. The number of hydrogen-bond acceptors (Lipinski definition) is 1. The van der Waals surface area contributed by atoms with E-state index in [2.05, 4.69) is 37.0 Å². The largest absolute Gasteiger partial charge is 0.261 e. The zero-order valence-corrected chi connectivity index (χ0v) is 10.6. The number of aromatic nitrogens is 2. The maximum atomic E-state index is 13.6. The van der Waals surface area contributed by atoms with Crippen LogP contribution < -0.4 is 0 Å². The molecule has 0 amide bonds. The van der Waals surface area contributed by atoms with Crippen molar-refractivity contribution in [3.63, 3.8) is 0 Å². The molecule has 1 aromatic heterocycles. The minimum atomic E-state index is -0.255. The summed E-state index contributed by atoms with van der Waals surface area (Å²) < 4.78 is 16.6. The Hall–Kier alpha value is -0.420. The van der Waals surface area contributed by atoms with Crippen molar-refractivity contribution >= 4 is 42.8 Å². The third-order valence-corrected chi connectivity index (χ3v) is 3.06. The fraction of sp³-hybridized carbons (Fsp3) is 0.222. The lowest BCUT2D eigenvalue weighted by molar-refractivity contribution is 0.608. The topological polar surface area (TPSA) is 17.8 Å². The van der Waals surface area contributed by atoms with Gasteiger partial charge in [-0.1, -0.05) is 15.9 Å². The van der Waals surface area contributed by atoms with Gasteiger partial charge in [0.2, 0.25) is 0 Å². The summed E-state index contributed by atoms with van der Waals surface area (Å²) in [6, 6.07) is 3.30. The molecule has 1 aromatic carbocycles. The van der Waals surface area contributed by atoms with Crippen LogP contribution in [-0.4, -0.2) is 9.78 Å². The van der Waals surface area contributed by atoms with Gasteiger partial charge in [-0.2, -0.15) is 5.10 Å². The Bertz CT molecular complexity index is 493. The van der Waals surface area contributed by atoms with Crippen LogP contribution in [0.15, 0.2) is 21.2 Å². The van der Waals surface area contributed by atoms with E-state index >= 15 is 0 Å². The molecule has 0 fully saturated rings. The van der Waals surface area contributed by atoms with E-state index in [1.165, 1.54) is 6.07 Å². The molecule has 0 atom stereocenters. The second-order valence-electron chi connectivity index (χ2n) is 2.89. The maximum Gasteiger partial charge on any atom is 0.150 e. The first-order chi connectivity index (χ1) is 6.63. The predicted octanol–water partition coefficient (Wildman–Crippen LogP) is 3.72. The van der Waals surface area contributed by atoms with Crippen molar-refractivity contribution in [3.05, 3.63) is 27.0 Å². The summed E-state index contributed by atoms with van der Waals surface area (Å²) in [5, 5.41) is 4.97. The number of rotatable bonds is 1. The molecule has 14 heavy (non-hydrogen) atoms. The molecule has 2 nitrogen and oxygen atoms in total. The van der Waals surface area contributed by atoms with Crippen LogP contribution in [0, 0.1) is 5.82 Å². The zero-order valence-electron chi connectivity index (χ0n) is 7.39. The van der Waals surface area contributed by atoms with Gasteiger partial charge in [0.15, 0.2) is 0 Å². The van der Waals surface area contributed by atoms with Crippen LogP contribution in [0.25, 0.3) is 10.9 Å². The third kappa shape index (κ3) is 1.48. The van der Waals surface area contributed by atoms with Gasteiger partial charge in [0.1, 0.15) is 15.9 Å². The Morgan fingerprint density at radius 1 is 1.43 bits per heavy atom. The molecule has 1 heterocycles. The highest BCUT2D eigenvalue weighted by atomic mass is 79.9. The van der Waals surface area contributed by atoms with Gasteiger partial charge < -0.3 is 0 Å². The van der Waals surface area contributed by atoms with Crippen molar-refractivity contribution in [1.82, 2.24) is 9.78 Å². The summed E-state index contributed by atoms with van der Waals surface area (Å²) in [6.07, 6.45) is 0. The van der Waals surface area contributed by atoms with Crippen molar-refractivity contribution in [2.75, 3.05) is 0 Å². The highest BCUT2D eigenvalue weighted by molar-refractivity contribution is 9.11. The summed E-state index contributed by atoms with van der Waals surface area (Å²) in [4.78, 5) is 0. The van der Waals surface area contributed by atoms with E-state index in [4.69, 9.17) is 0 Å². The molecule has 0 spiro atoms. The molecule has 0 unspecified atom stereocenters. The molecule has 0 saturated heterocycles. The van der Waals surface area contributed by atoms with Crippen LogP contribution in [0.4, 0.5) is 4.39 Å². The van der Waals surface area contributed by atoms with Gasteiger partial charge >= 0.3 is 0 Å². The molecule has 0 saturated carbocycles. The summed E-state index contributed by atoms with van der Waals surface area (Å²) in [7, 11) is 0. The fourth-order valence-corrected chi connectivity index (χ4v) is 2.35. The van der Waals surface area contributed by atoms with Crippen molar-refractivity contribution < 1.29 is 4.39 Å². The number of aryl methyl sites for hydroxylation is 1. The van der Waals surface area contributed by atoms with E-state index in [0.29, 0.717) is 16.7 Å². The molecular formula is C9H7Br2FN2. The second kappa shape index (κ2) is 3.62. The number of hydrogen-bond donors (Lipinski definition) is 0. The first kappa shape index (κ1) is 10.1. The van der Waals surface area contributed by atoms with Crippen LogP contribution in [-0.2, 0) is 6.54 Å². The Balaban J connectivity index is 2.89. The van der Waals surface area contributed by atoms with Gasteiger partial charge in [-0.3, -0.25) is 4.68 Å². The van der Waals surface area contributed by atoms with Gasteiger partial charge in [-0.25, -0.2) is 4.39 Å². The average Bonchev–Trinajstić information content (AvgIpc) is 2.43. The molecule has 0 N–H and O–H groups in total. The summed E-state index contributed by atoms with van der Waals surface area (Å²) in [5.41, 5.74) is 0.544. The average molecular weight is 322 g/mol. The Kier molecular flexibility index (Phi) is 2.62. The summed E-state index contributed by atoms with van der Waals surface area (Å²) in [6.45, 7) is 2.58. The quantitative estimate of drug-likeness (QED) is 0.782. The normalized spacial score (nSPS) is 11.1. The van der Waals surface area contributed by atoms with Crippen LogP contribution in [0.3, 0.4) is 0 Å². The van der Waals surface area contributed by atoms with Gasteiger partial charge in [-0.05, 0) is 35.0 Å². The van der Waals surface area contributed by atoms with Crippen LogP contribution in [0.2, 0.25) is 0 Å². The molecule has 74 valence electrons. The van der Waals surface area contributed by atoms with E-state index in [0.717, 1.165) is 9.86 Å². The zero-order chi connectivity index (χ0) is 10.3. The van der Waals surface area contributed by atoms with Crippen molar-refractivity contribution in [3.8, 4) is 0 Å². The first-order valence-corrected chi connectivity index (χ1v) is 5.73. The molecule has 0 aliphatic rings. The first-order valence-electron chi connectivity index (χ1n) is 4.14. The number of halogens is 3. The standard InChI is InChI=1S/C9H7Br2FN2/c1-2-14-8-6(9(11)13-14)3-5(10)4-7(8)12/h3-4H,2H2,1H3. The van der Waals surface area contributed by atoms with Crippen LogP contribution >= 0.6 is 31.9 Å². The molecular weight excluding hydrogens is 315 g/mol. The van der Waals surface area contributed by atoms with E-state index in [1.54, 1.807) is 4.68 Å². The minimum absolute atomic E-state index is 0.255. The van der Waals surface area contributed by atoms with Gasteiger partial charge in [0, 0.05) is 16.4 Å². The molecule has 0 radical (unpaired) electrons.